The van der Waals surface area contributed by atoms with E-state index in [0.717, 1.165) is 6.42 Å². The molecule has 0 aliphatic heterocycles. The Kier molecular flexibility index (Phi) is 8.29. The van der Waals surface area contributed by atoms with Crippen molar-refractivity contribution in [2.24, 2.45) is 11.3 Å². The number of hydrogen-bond acceptors (Lipinski definition) is 4. The molecule has 22 heavy (non-hydrogen) atoms. The zero-order valence-corrected chi connectivity index (χ0v) is 15.9. The van der Waals surface area contributed by atoms with Gasteiger partial charge in [0.05, 0.1) is 5.75 Å². The number of carboxylic acids is 1. The minimum absolute atomic E-state index is 0. The van der Waals surface area contributed by atoms with Crippen LogP contribution in [0, 0.1) is 11.3 Å². The van der Waals surface area contributed by atoms with Crippen LogP contribution >= 0.6 is 0 Å². The summed E-state index contributed by atoms with van der Waals surface area (Å²) >= 11 is 0. The zero-order valence-electron chi connectivity index (χ0n) is 14.1. The van der Waals surface area contributed by atoms with Crippen molar-refractivity contribution in [2.75, 3.05) is 5.75 Å². The first kappa shape index (κ1) is 21.6. The van der Waals surface area contributed by atoms with Gasteiger partial charge in [-0.25, -0.2) is 4.79 Å². The van der Waals surface area contributed by atoms with Crippen LogP contribution in [0.1, 0.15) is 41.0 Å². The number of rotatable bonds is 8. The summed E-state index contributed by atoms with van der Waals surface area (Å²) in [7, 11) is -3.98. The number of carbonyl (C=O) groups excluding carboxylic acids is 1. The van der Waals surface area contributed by atoms with Crippen molar-refractivity contribution in [1.29, 1.82) is 0 Å². The third-order valence-corrected chi connectivity index (χ3v) is 4.33. The normalized spacial score (nSPS) is 20.0. The maximum Gasteiger partial charge on any atom is 1.00 e. The molecule has 3 N–H and O–H groups in total. The standard InChI is InChI=1S/C13H21NO6S.Na.H/c1-13(2)8-9(13)11(15)14-10(12(16)17)6-4-3-5-7-21(18,19)20;;/h6,9H,3-5,7-8H2,1-2H3,(H,14,15)(H,16,17)(H,18,19,20);;/q;+1;-1/b10-6+;;. The molecule has 1 atom stereocenters. The number of amides is 1. The van der Waals surface area contributed by atoms with E-state index in [1.807, 2.05) is 13.8 Å². The van der Waals surface area contributed by atoms with Crippen molar-refractivity contribution >= 4 is 22.0 Å². The molecule has 122 valence electrons. The monoisotopic (exact) mass is 343 g/mol. The van der Waals surface area contributed by atoms with Crippen LogP contribution in [0.25, 0.3) is 0 Å². The summed E-state index contributed by atoms with van der Waals surface area (Å²) in [6.07, 6.45) is 3.04. The molecule has 1 saturated carbocycles. The Balaban J connectivity index is 0. The molecule has 0 spiro atoms. The third kappa shape index (κ3) is 7.73. The van der Waals surface area contributed by atoms with Crippen molar-refractivity contribution in [3.8, 4) is 0 Å². The van der Waals surface area contributed by atoms with Gasteiger partial charge in [0.25, 0.3) is 10.1 Å². The zero-order chi connectivity index (χ0) is 16.3. The van der Waals surface area contributed by atoms with E-state index in [4.69, 9.17) is 9.66 Å². The topological polar surface area (TPSA) is 121 Å². The maximum absolute atomic E-state index is 11.8. The van der Waals surface area contributed by atoms with Crippen molar-refractivity contribution in [1.82, 2.24) is 5.32 Å². The average molecular weight is 343 g/mol. The van der Waals surface area contributed by atoms with E-state index in [0.29, 0.717) is 12.8 Å². The van der Waals surface area contributed by atoms with Gasteiger partial charge < -0.3 is 11.8 Å². The predicted molar refractivity (Wildman–Crippen MR) is 77.1 cm³/mol. The van der Waals surface area contributed by atoms with Crippen LogP contribution in [-0.4, -0.2) is 35.7 Å². The van der Waals surface area contributed by atoms with Crippen LogP contribution in [0.15, 0.2) is 11.8 Å². The van der Waals surface area contributed by atoms with Gasteiger partial charge in [-0.1, -0.05) is 19.9 Å². The molecule has 0 aromatic heterocycles. The van der Waals surface area contributed by atoms with Gasteiger partial charge in [-0.3, -0.25) is 9.35 Å². The molecule has 0 aromatic rings. The second-order valence-electron chi connectivity index (χ2n) is 5.94. The predicted octanol–water partition coefficient (Wildman–Crippen LogP) is -1.71. The molecule has 1 aliphatic rings. The van der Waals surface area contributed by atoms with Gasteiger partial charge in [0, 0.05) is 5.92 Å². The fourth-order valence-electron chi connectivity index (χ4n) is 2.00. The van der Waals surface area contributed by atoms with Gasteiger partial charge in [0.15, 0.2) is 0 Å². The first-order chi connectivity index (χ1) is 9.53. The molecular formula is C13H22NNaO6S. The summed E-state index contributed by atoms with van der Waals surface area (Å²) in [5, 5.41) is 11.4. The Hall–Kier alpha value is -0.410. The second-order valence-corrected chi connectivity index (χ2v) is 7.51. The molecule has 1 aliphatic carbocycles. The van der Waals surface area contributed by atoms with Crippen LogP contribution in [0.2, 0.25) is 0 Å². The quantitative estimate of drug-likeness (QED) is 0.209. The fourth-order valence-corrected chi connectivity index (χ4v) is 2.57. The minimum atomic E-state index is -3.98. The van der Waals surface area contributed by atoms with E-state index in [2.05, 4.69) is 5.32 Å². The van der Waals surface area contributed by atoms with Crippen molar-refractivity contribution in [3.63, 3.8) is 0 Å². The Morgan fingerprint density at radius 2 is 1.91 bits per heavy atom. The molecule has 1 amide bonds. The SMILES string of the molecule is CC1(C)CC1C(=O)N/C(=C/CCCCS(=O)(=O)O)C(=O)O.[H-].[Na+]. The summed E-state index contributed by atoms with van der Waals surface area (Å²) in [6.45, 7) is 3.88. The van der Waals surface area contributed by atoms with Crippen LogP contribution in [-0.2, 0) is 19.7 Å². The Labute approximate surface area is 154 Å². The maximum atomic E-state index is 11.8. The molecule has 0 saturated heterocycles. The van der Waals surface area contributed by atoms with Gasteiger partial charge >= 0.3 is 35.5 Å². The molecule has 1 fully saturated rings. The molecule has 0 radical (unpaired) electrons. The van der Waals surface area contributed by atoms with Crippen LogP contribution < -0.4 is 34.9 Å². The fraction of sp³-hybridized carbons (Fsp3) is 0.692. The average Bonchev–Trinajstić information content (AvgIpc) is 2.94. The van der Waals surface area contributed by atoms with Gasteiger partial charge in [0.2, 0.25) is 5.91 Å². The molecule has 0 heterocycles. The number of hydrogen-bond donors (Lipinski definition) is 3. The molecular weight excluding hydrogens is 321 g/mol. The molecule has 1 rings (SSSR count). The van der Waals surface area contributed by atoms with Crippen LogP contribution in [0.4, 0.5) is 0 Å². The van der Waals surface area contributed by atoms with Gasteiger partial charge in [0.1, 0.15) is 5.70 Å². The van der Waals surface area contributed by atoms with Gasteiger partial charge in [-0.15, -0.1) is 0 Å². The van der Waals surface area contributed by atoms with Gasteiger partial charge in [-0.05, 0) is 31.1 Å². The first-order valence-electron chi connectivity index (χ1n) is 6.72. The van der Waals surface area contributed by atoms with Crippen LogP contribution in [0.5, 0.6) is 0 Å². The number of nitrogens with one attached hydrogen (secondary N) is 1. The Bertz CT molecular complexity index is 561. The summed E-state index contributed by atoms with van der Waals surface area (Å²) in [5.74, 6) is -2.05. The third-order valence-electron chi connectivity index (χ3n) is 3.52. The second kappa shape index (κ2) is 8.44. The van der Waals surface area contributed by atoms with E-state index in [-0.39, 0.29) is 66.1 Å². The molecule has 1 unspecified atom stereocenters. The minimum Gasteiger partial charge on any atom is -1.00 e. The summed E-state index contributed by atoms with van der Waals surface area (Å²) < 4.78 is 29.6. The Morgan fingerprint density at radius 1 is 1.36 bits per heavy atom. The van der Waals surface area contributed by atoms with Crippen molar-refractivity contribution in [3.05, 3.63) is 11.8 Å². The first-order valence-corrected chi connectivity index (χ1v) is 8.33. The number of allylic oxidation sites excluding steroid dienone is 1. The van der Waals surface area contributed by atoms with Crippen molar-refractivity contribution < 1.29 is 58.7 Å². The Morgan fingerprint density at radius 3 is 2.32 bits per heavy atom. The number of carbonyl (C=O) groups is 2. The summed E-state index contributed by atoms with van der Waals surface area (Å²) in [6, 6.07) is 0. The molecule has 9 heteroatoms. The van der Waals surface area contributed by atoms with E-state index in [9.17, 15) is 18.0 Å². The molecule has 0 bridgehead atoms. The van der Waals surface area contributed by atoms with Crippen molar-refractivity contribution in [2.45, 2.75) is 39.5 Å². The van der Waals surface area contributed by atoms with Gasteiger partial charge in [-0.2, -0.15) is 8.42 Å². The van der Waals surface area contributed by atoms with Crippen LogP contribution in [0.3, 0.4) is 0 Å². The smallest absolute Gasteiger partial charge is 1.00 e. The van der Waals surface area contributed by atoms with E-state index < -0.39 is 16.1 Å². The summed E-state index contributed by atoms with van der Waals surface area (Å²) in [5.41, 5.74) is -0.266. The number of unbranched alkanes of at least 4 members (excludes halogenated alkanes) is 2. The summed E-state index contributed by atoms with van der Waals surface area (Å²) in [4.78, 5) is 22.9. The molecule has 0 aromatic carbocycles. The largest absolute Gasteiger partial charge is 1.00 e. The van der Waals surface area contributed by atoms with E-state index in [1.54, 1.807) is 0 Å². The number of carboxylic acid groups (broad SMARTS) is 1. The van der Waals surface area contributed by atoms with E-state index >= 15 is 0 Å². The molecule has 7 nitrogen and oxygen atoms in total. The van der Waals surface area contributed by atoms with E-state index in [1.165, 1.54) is 6.08 Å². The number of aliphatic carboxylic acids is 1.